The monoisotopic (exact) mass is 355 g/mol. The molecule has 3 rings (SSSR count). The lowest BCUT2D eigenvalue weighted by atomic mass is 10.1. The van der Waals surface area contributed by atoms with Gasteiger partial charge in [-0.15, -0.1) is 0 Å². The van der Waals surface area contributed by atoms with E-state index in [1.807, 2.05) is 67.6 Å². The molecule has 27 heavy (non-hydrogen) atoms. The highest BCUT2D eigenvalue weighted by Crippen LogP contribution is 2.27. The molecule has 0 heterocycles. The van der Waals surface area contributed by atoms with Crippen molar-refractivity contribution in [3.05, 3.63) is 77.4 Å². The van der Waals surface area contributed by atoms with Crippen LogP contribution in [0.5, 0.6) is 0 Å². The molecule has 0 fully saturated rings. The van der Waals surface area contributed by atoms with Gasteiger partial charge in [0.2, 0.25) is 0 Å². The molecule has 0 radical (unpaired) electrons. The van der Waals surface area contributed by atoms with Crippen LogP contribution in [0.3, 0.4) is 0 Å². The molecule has 134 valence electrons. The van der Waals surface area contributed by atoms with E-state index in [2.05, 4.69) is 46.0 Å². The summed E-state index contributed by atoms with van der Waals surface area (Å²) in [6.45, 7) is 9.69. The maximum atomic E-state index is 4.28. The first kappa shape index (κ1) is 18.3. The Kier molecular flexibility index (Phi) is 5.61. The van der Waals surface area contributed by atoms with Crippen LogP contribution in [-0.4, -0.2) is 6.72 Å². The first-order valence-electron chi connectivity index (χ1n) is 8.63. The van der Waals surface area contributed by atoms with Crippen molar-refractivity contribution >= 4 is 35.2 Å². The van der Waals surface area contributed by atoms with Crippen LogP contribution in [0.4, 0.5) is 28.4 Å². The van der Waals surface area contributed by atoms with E-state index < -0.39 is 0 Å². The first-order valence-corrected chi connectivity index (χ1v) is 8.63. The number of benzene rings is 3. The molecule has 5 nitrogen and oxygen atoms in total. The maximum Gasteiger partial charge on any atom is 0.0878 e. The highest BCUT2D eigenvalue weighted by Gasteiger charge is 1.98. The lowest BCUT2D eigenvalue weighted by Gasteiger charge is -2.00. The fraction of sp³-hybridized carbons (Fsp3) is 0.136. The number of nitrogens with zero attached hydrogens (tertiary/aromatic N) is 5. The van der Waals surface area contributed by atoms with Crippen molar-refractivity contribution in [2.75, 3.05) is 0 Å². The van der Waals surface area contributed by atoms with Gasteiger partial charge in [0.1, 0.15) is 0 Å². The number of rotatable bonds is 5. The fourth-order valence-corrected chi connectivity index (χ4v) is 2.44. The first-order chi connectivity index (χ1) is 13.0. The van der Waals surface area contributed by atoms with Crippen molar-refractivity contribution in [3.63, 3.8) is 0 Å². The summed E-state index contributed by atoms with van der Waals surface area (Å²) in [5.41, 5.74) is 7.40. The Balaban J connectivity index is 1.70. The fourth-order valence-electron chi connectivity index (χ4n) is 2.44. The summed E-state index contributed by atoms with van der Waals surface area (Å²) < 4.78 is 0. The van der Waals surface area contributed by atoms with Crippen molar-refractivity contribution in [1.82, 2.24) is 0 Å². The molecule has 0 aliphatic heterocycles. The average molecular weight is 355 g/mol. The minimum atomic E-state index is 0.738. The van der Waals surface area contributed by atoms with Gasteiger partial charge >= 0.3 is 0 Å². The quantitative estimate of drug-likeness (QED) is 0.331. The zero-order chi connectivity index (χ0) is 19.2. The molecule has 5 heteroatoms. The lowest BCUT2D eigenvalue weighted by Crippen LogP contribution is -1.77. The third-order valence-electron chi connectivity index (χ3n) is 4.27. The minimum Gasteiger partial charge on any atom is -0.264 e. The zero-order valence-electron chi connectivity index (χ0n) is 15.7. The van der Waals surface area contributed by atoms with Crippen LogP contribution in [0, 0.1) is 20.8 Å². The van der Waals surface area contributed by atoms with Gasteiger partial charge < -0.3 is 0 Å². The summed E-state index contributed by atoms with van der Waals surface area (Å²) in [6, 6.07) is 19.2. The second-order valence-corrected chi connectivity index (χ2v) is 6.31. The number of hydrogen-bond donors (Lipinski definition) is 0. The number of azo groups is 2. The summed E-state index contributed by atoms with van der Waals surface area (Å²) in [5, 5.41) is 17.1. The topological polar surface area (TPSA) is 61.8 Å². The van der Waals surface area contributed by atoms with Crippen molar-refractivity contribution in [3.8, 4) is 0 Å². The third-order valence-corrected chi connectivity index (χ3v) is 4.27. The van der Waals surface area contributed by atoms with E-state index in [1.54, 1.807) is 0 Å². The molecule has 0 spiro atoms. The van der Waals surface area contributed by atoms with Crippen LogP contribution in [0.1, 0.15) is 16.7 Å². The van der Waals surface area contributed by atoms with Gasteiger partial charge in [-0.25, -0.2) is 0 Å². The Morgan fingerprint density at radius 2 is 0.963 bits per heavy atom. The van der Waals surface area contributed by atoms with Gasteiger partial charge in [0.15, 0.2) is 0 Å². The van der Waals surface area contributed by atoms with Gasteiger partial charge in [-0.05, 0) is 92.7 Å². The van der Waals surface area contributed by atoms with E-state index in [1.165, 1.54) is 11.1 Å². The van der Waals surface area contributed by atoms with Crippen LogP contribution in [0.2, 0.25) is 0 Å². The van der Waals surface area contributed by atoms with Gasteiger partial charge in [-0.2, -0.15) is 20.5 Å². The van der Waals surface area contributed by atoms with Crippen molar-refractivity contribution in [2.45, 2.75) is 20.8 Å². The second-order valence-electron chi connectivity index (χ2n) is 6.31. The Hall–Kier alpha value is -3.47. The molecule has 0 saturated heterocycles. The smallest absolute Gasteiger partial charge is 0.0878 e. The Morgan fingerprint density at radius 3 is 1.48 bits per heavy atom. The summed E-state index contributed by atoms with van der Waals surface area (Å²) in [6.07, 6.45) is 0. The molecule has 0 aliphatic carbocycles. The van der Waals surface area contributed by atoms with Gasteiger partial charge in [0.25, 0.3) is 0 Å². The summed E-state index contributed by atoms with van der Waals surface area (Å²) in [4.78, 5) is 3.98. The molecule has 0 aromatic heterocycles. The van der Waals surface area contributed by atoms with Gasteiger partial charge in [0, 0.05) is 0 Å². The van der Waals surface area contributed by atoms with Crippen LogP contribution < -0.4 is 0 Å². The second kappa shape index (κ2) is 8.27. The highest BCUT2D eigenvalue weighted by molar-refractivity contribution is 5.58. The van der Waals surface area contributed by atoms with Crippen molar-refractivity contribution < 1.29 is 0 Å². The lowest BCUT2D eigenvalue weighted by molar-refractivity contribution is 1.20. The molecule has 3 aromatic carbocycles. The van der Waals surface area contributed by atoms with Gasteiger partial charge in [-0.3, -0.25) is 4.99 Å². The van der Waals surface area contributed by atoms with E-state index in [4.69, 9.17) is 0 Å². The maximum absolute atomic E-state index is 4.28. The van der Waals surface area contributed by atoms with Crippen molar-refractivity contribution in [1.29, 1.82) is 0 Å². The SMILES string of the molecule is C=Nc1cc(N=Nc2ccc(N=Nc3ccc(C)c(C)c3)cc2)ccc1C. The number of aryl methyl sites for hydroxylation is 3. The van der Waals surface area contributed by atoms with Crippen LogP contribution in [0.15, 0.2) is 86.1 Å². The summed E-state index contributed by atoms with van der Waals surface area (Å²) in [7, 11) is 0. The predicted octanol–water partition coefficient (Wildman–Crippen LogP) is 7.77. The van der Waals surface area contributed by atoms with Crippen LogP contribution >= 0.6 is 0 Å². The van der Waals surface area contributed by atoms with E-state index in [-0.39, 0.29) is 0 Å². The average Bonchev–Trinajstić information content (AvgIpc) is 2.69. The predicted molar refractivity (Wildman–Crippen MR) is 111 cm³/mol. The Bertz CT molecular complexity index is 1020. The Morgan fingerprint density at radius 1 is 0.519 bits per heavy atom. The van der Waals surface area contributed by atoms with Gasteiger partial charge in [-0.1, -0.05) is 12.1 Å². The van der Waals surface area contributed by atoms with E-state index in [0.717, 1.165) is 34.0 Å². The largest absolute Gasteiger partial charge is 0.264 e. The normalized spacial score (nSPS) is 11.4. The molecule has 3 aromatic rings. The minimum absolute atomic E-state index is 0.738. The van der Waals surface area contributed by atoms with Crippen molar-refractivity contribution in [2.24, 2.45) is 25.4 Å². The number of aliphatic imine (C=N–C) groups is 1. The standard InChI is InChI=1S/C22H21N5/c1-15-5-7-20(13-17(15)3)26-24-18-9-11-19(12-10-18)25-27-21-8-6-16(2)22(14-21)23-4/h5-14H,4H2,1-3H3. The third kappa shape index (κ3) is 4.79. The van der Waals surface area contributed by atoms with Gasteiger partial charge in [0.05, 0.1) is 28.4 Å². The van der Waals surface area contributed by atoms with Crippen LogP contribution in [-0.2, 0) is 0 Å². The zero-order valence-corrected chi connectivity index (χ0v) is 15.7. The van der Waals surface area contributed by atoms with E-state index in [0.29, 0.717) is 0 Å². The van der Waals surface area contributed by atoms with E-state index in [9.17, 15) is 0 Å². The van der Waals surface area contributed by atoms with Crippen LogP contribution in [0.25, 0.3) is 0 Å². The molecular formula is C22H21N5. The molecule has 0 aliphatic rings. The molecule has 0 bridgehead atoms. The Labute approximate surface area is 159 Å². The molecule has 0 N–H and O–H groups in total. The molecule has 0 amide bonds. The highest BCUT2D eigenvalue weighted by atomic mass is 15.1. The van der Waals surface area contributed by atoms with E-state index >= 15 is 0 Å². The molecular weight excluding hydrogens is 334 g/mol. The molecule has 0 atom stereocenters. The number of hydrogen-bond acceptors (Lipinski definition) is 5. The molecule has 0 unspecified atom stereocenters. The summed E-state index contributed by atoms with van der Waals surface area (Å²) in [5.74, 6) is 0. The summed E-state index contributed by atoms with van der Waals surface area (Å²) >= 11 is 0. The molecule has 0 saturated carbocycles.